The molecule has 0 aliphatic rings. The lowest BCUT2D eigenvalue weighted by atomic mass is 9.97. The summed E-state index contributed by atoms with van der Waals surface area (Å²) >= 11 is 0. The molecule has 0 bridgehead atoms. The zero-order valence-electron chi connectivity index (χ0n) is 29.7. The fraction of sp³-hybridized carbons (Fsp3) is 0. The number of fused-ring (bicyclic) bond motifs is 6. The van der Waals surface area contributed by atoms with Gasteiger partial charge in [0.2, 0.25) is 0 Å². The summed E-state index contributed by atoms with van der Waals surface area (Å²) in [5, 5.41) is 9.98. The van der Waals surface area contributed by atoms with Crippen LogP contribution in [0.15, 0.2) is 218 Å². The Morgan fingerprint density at radius 2 is 0.574 bits per heavy atom. The summed E-state index contributed by atoms with van der Waals surface area (Å²) in [4.78, 5) is 4.80. The molecule has 0 spiro atoms. The van der Waals surface area contributed by atoms with Crippen molar-refractivity contribution < 1.29 is 0 Å². The highest BCUT2D eigenvalue weighted by Crippen LogP contribution is 2.47. The van der Waals surface area contributed by atoms with E-state index in [4.69, 9.17) is 0 Å². The summed E-state index contributed by atoms with van der Waals surface area (Å²) in [6.07, 6.45) is 0. The fourth-order valence-corrected chi connectivity index (χ4v) is 8.08. The SMILES string of the molecule is c1ccc(N(c2ccc3c(ccc4ccccc43)c2)c2ccccc2-c2ccccc2N(c2ccccc2)c2ccc3c(ccc4ccccc43)c2)cc1. The number of nitrogens with zero attached hydrogens (tertiary/aromatic N) is 2. The van der Waals surface area contributed by atoms with Crippen molar-refractivity contribution in [2.24, 2.45) is 0 Å². The van der Waals surface area contributed by atoms with Gasteiger partial charge in [0.25, 0.3) is 0 Å². The average Bonchev–Trinajstić information content (AvgIpc) is 3.25. The third-order valence-electron chi connectivity index (χ3n) is 10.6. The van der Waals surface area contributed by atoms with Crippen LogP contribution in [0.5, 0.6) is 0 Å². The Morgan fingerprint density at radius 3 is 1.04 bits per heavy atom. The molecule has 10 aromatic rings. The average molecular weight is 689 g/mol. The van der Waals surface area contributed by atoms with Crippen LogP contribution in [0.2, 0.25) is 0 Å². The van der Waals surface area contributed by atoms with Crippen LogP contribution in [0.3, 0.4) is 0 Å². The minimum Gasteiger partial charge on any atom is -0.310 e. The van der Waals surface area contributed by atoms with Crippen molar-refractivity contribution in [1.82, 2.24) is 0 Å². The molecule has 2 heteroatoms. The van der Waals surface area contributed by atoms with Gasteiger partial charge in [0, 0.05) is 33.9 Å². The van der Waals surface area contributed by atoms with Crippen LogP contribution < -0.4 is 9.80 Å². The van der Waals surface area contributed by atoms with Gasteiger partial charge < -0.3 is 9.80 Å². The van der Waals surface area contributed by atoms with Gasteiger partial charge in [-0.3, -0.25) is 0 Å². The van der Waals surface area contributed by atoms with Crippen LogP contribution >= 0.6 is 0 Å². The predicted octanol–water partition coefficient (Wildman–Crippen LogP) is 14.9. The Labute approximate surface area is 315 Å². The maximum atomic E-state index is 2.40. The number of anilines is 6. The lowest BCUT2D eigenvalue weighted by molar-refractivity contribution is 1.27. The molecule has 0 N–H and O–H groups in total. The molecule has 0 amide bonds. The van der Waals surface area contributed by atoms with E-state index in [0.717, 1.165) is 45.3 Å². The van der Waals surface area contributed by atoms with E-state index in [1.54, 1.807) is 0 Å². The lowest BCUT2D eigenvalue weighted by Gasteiger charge is -2.31. The normalized spacial score (nSPS) is 11.3. The van der Waals surface area contributed by atoms with Gasteiger partial charge in [-0.05, 0) is 104 Å². The Morgan fingerprint density at radius 1 is 0.222 bits per heavy atom. The standard InChI is InChI=1S/C52H36N2/c1-3-17-41(18-4-1)53(43-31-33-47-39(35-43)29-27-37-15-7-9-21-45(37)47)51-25-13-11-23-49(51)50-24-12-14-26-52(50)54(42-19-5-2-6-20-42)44-32-34-48-40(36-44)30-28-38-16-8-10-22-46(38)48/h1-36H. The minimum atomic E-state index is 1.10. The Hall–Kier alpha value is -7.16. The zero-order chi connectivity index (χ0) is 35.8. The molecule has 0 atom stereocenters. The van der Waals surface area contributed by atoms with E-state index in [0.29, 0.717) is 0 Å². The van der Waals surface area contributed by atoms with Crippen molar-refractivity contribution in [2.75, 3.05) is 9.80 Å². The van der Waals surface area contributed by atoms with Gasteiger partial charge >= 0.3 is 0 Å². The van der Waals surface area contributed by atoms with Crippen LogP contribution in [0.25, 0.3) is 54.2 Å². The van der Waals surface area contributed by atoms with Crippen LogP contribution in [-0.2, 0) is 0 Å². The van der Waals surface area contributed by atoms with Crippen molar-refractivity contribution in [3.05, 3.63) is 218 Å². The quantitative estimate of drug-likeness (QED) is 0.154. The second kappa shape index (κ2) is 13.4. The maximum Gasteiger partial charge on any atom is 0.0540 e. The third-order valence-corrected chi connectivity index (χ3v) is 10.6. The van der Waals surface area contributed by atoms with E-state index in [1.807, 2.05) is 0 Å². The molecule has 54 heavy (non-hydrogen) atoms. The van der Waals surface area contributed by atoms with Gasteiger partial charge in [-0.25, -0.2) is 0 Å². The molecule has 0 aliphatic heterocycles. The molecule has 0 radical (unpaired) electrons. The summed E-state index contributed by atoms with van der Waals surface area (Å²) < 4.78 is 0. The highest BCUT2D eigenvalue weighted by Gasteiger charge is 2.22. The number of benzene rings is 10. The Kier molecular flexibility index (Phi) is 7.85. The molecule has 0 heterocycles. The monoisotopic (exact) mass is 688 g/mol. The smallest absolute Gasteiger partial charge is 0.0540 e. The van der Waals surface area contributed by atoms with Crippen molar-refractivity contribution in [3.8, 4) is 11.1 Å². The van der Waals surface area contributed by atoms with Gasteiger partial charge in [0.15, 0.2) is 0 Å². The van der Waals surface area contributed by atoms with Gasteiger partial charge in [-0.15, -0.1) is 0 Å². The lowest BCUT2D eigenvalue weighted by Crippen LogP contribution is -2.13. The van der Waals surface area contributed by atoms with E-state index < -0.39 is 0 Å². The summed E-state index contributed by atoms with van der Waals surface area (Å²) in [5.41, 5.74) is 8.91. The van der Waals surface area contributed by atoms with E-state index in [-0.39, 0.29) is 0 Å². The first kappa shape index (κ1) is 31.6. The van der Waals surface area contributed by atoms with Gasteiger partial charge in [0.1, 0.15) is 0 Å². The van der Waals surface area contributed by atoms with E-state index in [1.165, 1.54) is 43.1 Å². The van der Waals surface area contributed by atoms with E-state index >= 15 is 0 Å². The first-order valence-electron chi connectivity index (χ1n) is 18.5. The summed E-state index contributed by atoms with van der Waals surface area (Å²) in [7, 11) is 0. The second-order valence-electron chi connectivity index (χ2n) is 13.8. The van der Waals surface area contributed by atoms with Crippen LogP contribution in [-0.4, -0.2) is 0 Å². The molecule has 2 nitrogen and oxygen atoms in total. The van der Waals surface area contributed by atoms with Crippen molar-refractivity contribution in [3.63, 3.8) is 0 Å². The number of hydrogen-bond acceptors (Lipinski definition) is 2. The molecule has 10 aromatic carbocycles. The number of rotatable bonds is 7. The van der Waals surface area contributed by atoms with Crippen molar-refractivity contribution >= 4 is 77.2 Å². The second-order valence-corrected chi connectivity index (χ2v) is 13.8. The van der Waals surface area contributed by atoms with Crippen LogP contribution in [0.4, 0.5) is 34.1 Å². The highest BCUT2D eigenvalue weighted by atomic mass is 15.2. The number of hydrogen-bond donors (Lipinski definition) is 0. The summed E-state index contributed by atoms with van der Waals surface area (Å²) in [5.74, 6) is 0. The molecule has 0 unspecified atom stereocenters. The molecule has 254 valence electrons. The molecule has 0 aliphatic carbocycles. The van der Waals surface area contributed by atoms with E-state index in [2.05, 4.69) is 228 Å². The summed E-state index contributed by atoms with van der Waals surface area (Å²) in [6, 6.07) is 79.0. The first-order valence-corrected chi connectivity index (χ1v) is 18.5. The highest BCUT2D eigenvalue weighted by molar-refractivity contribution is 6.10. The molecule has 0 aromatic heterocycles. The molecule has 0 fully saturated rings. The predicted molar refractivity (Wildman–Crippen MR) is 231 cm³/mol. The molecule has 0 saturated carbocycles. The van der Waals surface area contributed by atoms with Crippen molar-refractivity contribution in [2.45, 2.75) is 0 Å². The Bertz CT molecular complexity index is 2750. The first-order chi connectivity index (χ1) is 26.8. The largest absolute Gasteiger partial charge is 0.310 e. The van der Waals surface area contributed by atoms with Crippen molar-refractivity contribution in [1.29, 1.82) is 0 Å². The fourth-order valence-electron chi connectivity index (χ4n) is 8.08. The third kappa shape index (κ3) is 5.53. The van der Waals surface area contributed by atoms with Gasteiger partial charge in [0.05, 0.1) is 11.4 Å². The van der Waals surface area contributed by atoms with Crippen LogP contribution in [0, 0.1) is 0 Å². The summed E-state index contributed by atoms with van der Waals surface area (Å²) in [6.45, 7) is 0. The Balaban J connectivity index is 1.17. The molecule has 0 saturated heterocycles. The molecular formula is C52H36N2. The molecular weight excluding hydrogens is 653 g/mol. The van der Waals surface area contributed by atoms with Gasteiger partial charge in [-0.2, -0.15) is 0 Å². The number of para-hydroxylation sites is 4. The van der Waals surface area contributed by atoms with Gasteiger partial charge in [-0.1, -0.05) is 158 Å². The zero-order valence-corrected chi connectivity index (χ0v) is 29.7. The van der Waals surface area contributed by atoms with E-state index in [9.17, 15) is 0 Å². The van der Waals surface area contributed by atoms with Crippen LogP contribution in [0.1, 0.15) is 0 Å². The molecule has 10 rings (SSSR count). The maximum absolute atomic E-state index is 2.40. The topological polar surface area (TPSA) is 6.48 Å². The minimum absolute atomic E-state index is 1.10.